The molecule has 1 aromatic rings. The van der Waals surface area contributed by atoms with E-state index in [1.54, 1.807) is 12.1 Å². The number of hydrogen-bond acceptors (Lipinski definition) is 5. The molecule has 2 aliphatic rings. The van der Waals surface area contributed by atoms with Crippen LogP contribution in [0.4, 0.5) is 11.4 Å². The predicted octanol–water partition coefficient (Wildman–Crippen LogP) is 2.84. The van der Waals surface area contributed by atoms with Crippen molar-refractivity contribution in [1.82, 2.24) is 4.90 Å². The molecule has 0 unspecified atom stereocenters. The van der Waals surface area contributed by atoms with Gasteiger partial charge in [0.05, 0.1) is 4.92 Å². The average Bonchev–Trinajstić information content (AvgIpc) is 2.90. The number of nitrogens with one attached hydrogen (secondary N) is 1. The van der Waals surface area contributed by atoms with E-state index < -0.39 is 4.92 Å². The van der Waals surface area contributed by atoms with E-state index in [1.165, 1.54) is 25.8 Å². The summed E-state index contributed by atoms with van der Waals surface area (Å²) in [6.07, 6.45) is 4.63. The van der Waals surface area contributed by atoms with Crippen LogP contribution in [0.5, 0.6) is 0 Å². The summed E-state index contributed by atoms with van der Waals surface area (Å²) in [5, 5.41) is 14.7. The minimum absolute atomic E-state index is 0.0121. The Bertz CT molecular complexity index is 602. The summed E-state index contributed by atoms with van der Waals surface area (Å²) in [5.74, 6) is -0.158. The summed E-state index contributed by atoms with van der Waals surface area (Å²) in [4.78, 5) is 24.8. The fourth-order valence-corrected chi connectivity index (χ4v) is 3.64. The van der Waals surface area contributed by atoms with Crippen LogP contribution in [0.15, 0.2) is 18.2 Å². The molecule has 0 aliphatic carbocycles. The van der Waals surface area contributed by atoms with Crippen molar-refractivity contribution < 1.29 is 9.72 Å². The third kappa shape index (κ3) is 2.83. The van der Waals surface area contributed by atoms with Gasteiger partial charge in [-0.1, -0.05) is 6.42 Å². The molecule has 6 heteroatoms. The number of hydrogen-bond donors (Lipinski definition) is 1. The summed E-state index contributed by atoms with van der Waals surface area (Å²) in [5.41, 5.74) is 0.886. The molecule has 118 valence electrons. The highest BCUT2D eigenvalue weighted by atomic mass is 16.6. The number of nitro groups is 1. The summed E-state index contributed by atoms with van der Waals surface area (Å²) in [6, 6.07) is 5.42. The number of rotatable bonds is 4. The average molecular weight is 303 g/mol. The van der Waals surface area contributed by atoms with Crippen molar-refractivity contribution in [2.45, 2.75) is 44.7 Å². The first kappa shape index (κ1) is 15.0. The zero-order valence-electron chi connectivity index (χ0n) is 12.7. The van der Waals surface area contributed by atoms with E-state index in [1.807, 2.05) is 0 Å². The Morgan fingerprint density at radius 3 is 2.86 bits per heavy atom. The topological polar surface area (TPSA) is 75.5 Å². The first-order chi connectivity index (χ1) is 10.6. The van der Waals surface area contributed by atoms with E-state index in [0.717, 1.165) is 25.9 Å². The molecular formula is C16H21N3O3. The Morgan fingerprint density at radius 1 is 1.32 bits per heavy atom. The Morgan fingerprint density at radius 2 is 2.14 bits per heavy atom. The zero-order valence-corrected chi connectivity index (χ0v) is 12.7. The number of benzene rings is 1. The van der Waals surface area contributed by atoms with Gasteiger partial charge in [0.25, 0.3) is 5.69 Å². The molecule has 6 nitrogen and oxygen atoms in total. The molecule has 22 heavy (non-hydrogen) atoms. The van der Waals surface area contributed by atoms with Gasteiger partial charge in [-0.25, -0.2) is 0 Å². The lowest BCUT2D eigenvalue weighted by molar-refractivity contribution is -0.384. The number of Topliss-reactive ketones (excluding diaryl/α,β-unsaturated/α-hetero) is 1. The number of fused-ring (bicyclic) bond motifs is 1. The molecule has 2 aliphatic heterocycles. The van der Waals surface area contributed by atoms with Crippen molar-refractivity contribution >= 4 is 17.2 Å². The number of ketones is 1. The minimum atomic E-state index is -0.414. The second-order valence-electron chi connectivity index (χ2n) is 6.18. The van der Waals surface area contributed by atoms with E-state index in [-0.39, 0.29) is 17.5 Å². The quantitative estimate of drug-likeness (QED) is 0.526. The molecule has 2 atom stereocenters. The highest BCUT2D eigenvalue weighted by molar-refractivity contribution is 5.95. The number of anilines is 1. The predicted molar refractivity (Wildman–Crippen MR) is 84.3 cm³/mol. The number of nitrogens with zero attached hydrogens (tertiary/aromatic N) is 2. The van der Waals surface area contributed by atoms with Gasteiger partial charge < -0.3 is 5.32 Å². The van der Waals surface area contributed by atoms with Gasteiger partial charge in [0, 0.05) is 30.3 Å². The monoisotopic (exact) mass is 303 g/mol. The molecule has 1 N–H and O–H groups in total. The van der Waals surface area contributed by atoms with Crippen molar-refractivity contribution in [2.24, 2.45) is 0 Å². The Balaban J connectivity index is 1.82. The highest BCUT2D eigenvalue weighted by Gasteiger charge is 2.36. The standard InChI is InChI=1S/C16H21N3O3/c1-11(20)12-5-6-13(16(10-12)19(21)22)17-14-7-9-18-8-3-2-4-15(14)18/h5-6,10,14-15,17H,2-4,7-9H2,1H3/t14-,15+/m0/s1. The smallest absolute Gasteiger partial charge is 0.293 e. The normalized spacial score (nSPS) is 24.8. The maximum atomic E-state index is 11.4. The van der Waals surface area contributed by atoms with Crippen LogP contribution < -0.4 is 5.32 Å². The van der Waals surface area contributed by atoms with Gasteiger partial charge in [0.15, 0.2) is 5.78 Å². The molecule has 2 heterocycles. The van der Waals surface area contributed by atoms with E-state index in [9.17, 15) is 14.9 Å². The van der Waals surface area contributed by atoms with Crippen LogP contribution in [-0.4, -0.2) is 40.8 Å². The fourth-order valence-electron chi connectivity index (χ4n) is 3.64. The minimum Gasteiger partial charge on any atom is -0.375 e. The highest BCUT2D eigenvalue weighted by Crippen LogP contribution is 2.32. The summed E-state index contributed by atoms with van der Waals surface area (Å²) in [7, 11) is 0. The maximum Gasteiger partial charge on any atom is 0.293 e. The number of carbonyl (C=O) groups is 1. The van der Waals surface area contributed by atoms with Gasteiger partial charge in [-0.05, 0) is 44.9 Å². The molecule has 0 radical (unpaired) electrons. The fraction of sp³-hybridized carbons (Fsp3) is 0.562. The van der Waals surface area contributed by atoms with Crippen LogP contribution in [0.2, 0.25) is 0 Å². The molecule has 3 rings (SSSR count). The van der Waals surface area contributed by atoms with E-state index >= 15 is 0 Å². The lowest BCUT2D eigenvalue weighted by atomic mass is 9.98. The largest absolute Gasteiger partial charge is 0.375 e. The van der Waals surface area contributed by atoms with Crippen LogP contribution in [-0.2, 0) is 0 Å². The lowest BCUT2D eigenvalue weighted by Gasteiger charge is -2.32. The molecule has 2 saturated heterocycles. The zero-order chi connectivity index (χ0) is 15.7. The van der Waals surface area contributed by atoms with Crippen LogP contribution in [0.1, 0.15) is 43.0 Å². The van der Waals surface area contributed by atoms with Crippen molar-refractivity contribution in [3.63, 3.8) is 0 Å². The summed E-state index contributed by atoms with van der Waals surface area (Å²) < 4.78 is 0. The van der Waals surface area contributed by atoms with Crippen molar-refractivity contribution in [3.05, 3.63) is 33.9 Å². The molecule has 0 amide bonds. The molecule has 0 aromatic heterocycles. The molecule has 1 aromatic carbocycles. The molecule has 0 saturated carbocycles. The van der Waals surface area contributed by atoms with Crippen molar-refractivity contribution in [3.8, 4) is 0 Å². The summed E-state index contributed by atoms with van der Waals surface area (Å²) >= 11 is 0. The molecule has 0 bridgehead atoms. The van der Waals surface area contributed by atoms with Crippen LogP contribution in [0, 0.1) is 10.1 Å². The van der Waals surface area contributed by atoms with Gasteiger partial charge >= 0.3 is 0 Å². The Hall–Kier alpha value is -1.95. The van der Waals surface area contributed by atoms with Crippen LogP contribution >= 0.6 is 0 Å². The summed E-state index contributed by atoms with van der Waals surface area (Å²) in [6.45, 7) is 3.61. The first-order valence-electron chi connectivity index (χ1n) is 7.86. The van der Waals surface area contributed by atoms with E-state index in [4.69, 9.17) is 0 Å². The maximum absolute atomic E-state index is 11.4. The SMILES string of the molecule is CC(=O)c1ccc(N[C@H]2CCN3CCCC[C@H]23)c([N+](=O)[O-])c1. The van der Waals surface area contributed by atoms with Gasteiger partial charge in [-0.2, -0.15) is 0 Å². The number of nitro benzene ring substituents is 1. The first-order valence-corrected chi connectivity index (χ1v) is 7.86. The second kappa shape index (κ2) is 6.04. The molecular weight excluding hydrogens is 282 g/mol. The number of carbonyl (C=O) groups excluding carboxylic acids is 1. The molecule has 2 fully saturated rings. The number of piperidine rings is 1. The Kier molecular flexibility index (Phi) is 4.11. The Labute approximate surface area is 129 Å². The van der Waals surface area contributed by atoms with Gasteiger partial charge in [-0.15, -0.1) is 0 Å². The van der Waals surface area contributed by atoms with Crippen molar-refractivity contribution in [1.29, 1.82) is 0 Å². The van der Waals surface area contributed by atoms with Gasteiger partial charge in [0.2, 0.25) is 0 Å². The van der Waals surface area contributed by atoms with Crippen molar-refractivity contribution in [2.75, 3.05) is 18.4 Å². The third-order valence-electron chi connectivity index (χ3n) is 4.80. The lowest BCUT2D eigenvalue weighted by Crippen LogP contribution is -2.41. The molecule has 0 spiro atoms. The van der Waals surface area contributed by atoms with Gasteiger partial charge in [-0.3, -0.25) is 19.8 Å². The second-order valence-corrected chi connectivity index (χ2v) is 6.18. The van der Waals surface area contributed by atoms with E-state index in [2.05, 4.69) is 10.2 Å². The van der Waals surface area contributed by atoms with Gasteiger partial charge in [0.1, 0.15) is 5.69 Å². The van der Waals surface area contributed by atoms with E-state index in [0.29, 0.717) is 17.3 Å². The van der Waals surface area contributed by atoms with Crippen LogP contribution in [0.25, 0.3) is 0 Å². The third-order valence-corrected chi connectivity index (χ3v) is 4.80. The van der Waals surface area contributed by atoms with Crippen LogP contribution in [0.3, 0.4) is 0 Å².